The van der Waals surface area contributed by atoms with Gasteiger partial charge in [0.2, 0.25) is 5.82 Å². The van der Waals surface area contributed by atoms with E-state index in [2.05, 4.69) is 33.9 Å². The van der Waals surface area contributed by atoms with Crippen LogP contribution in [0.15, 0.2) is 28.8 Å². The summed E-state index contributed by atoms with van der Waals surface area (Å²) in [6, 6.07) is 8.10. The van der Waals surface area contributed by atoms with E-state index in [1.807, 2.05) is 52.1 Å². The number of aliphatic hydroxyl groups is 2. The van der Waals surface area contributed by atoms with Crippen LogP contribution in [0.1, 0.15) is 37.6 Å². The molecule has 2 aromatic heterocycles. The molecule has 0 bridgehead atoms. The summed E-state index contributed by atoms with van der Waals surface area (Å²) >= 11 is 0. The number of anilines is 1. The minimum absolute atomic E-state index is 0.0307. The molecule has 32 heavy (non-hydrogen) atoms. The van der Waals surface area contributed by atoms with E-state index in [0.29, 0.717) is 23.5 Å². The van der Waals surface area contributed by atoms with Gasteiger partial charge in [-0.2, -0.15) is 4.98 Å². The van der Waals surface area contributed by atoms with Crippen LogP contribution in [0.4, 0.5) is 5.82 Å². The lowest BCUT2D eigenvalue weighted by atomic mass is 10.0. The van der Waals surface area contributed by atoms with Crippen LogP contribution in [0.2, 0.25) is 0 Å². The molecule has 0 unspecified atom stereocenters. The maximum Gasteiger partial charge on any atom is 0.258 e. The Morgan fingerprint density at radius 3 is 2.50 bits per heavy atom. The van der Waals surface area contributed by atoms with Crippen LogP contribution in [-0.2, 0) is 6.42 Å². The third-order valence-corrected chi connectivity index (χ3v) is 5.37. The highest BCUT2D eigenvalue weighted by Gasteiger charge is 2.17. The zero-order valence-corrected chi connectivity index (χ0v) is 19.6. The molecule has 0 aliphatic heterocycles. The van der Waals surface area contributed by atoms with Gasteiger partial charge >= 0.3 is 0 Å². The summed E-state index contributed by atoms with van der Waals surface area (Å²) in [6.07, 6.45) is -0.185. The lowest BCUT2D eigenvalue weighted by molar-refractivity contribution is 0.0531. The molecule has 1 aromatic carbocycles. The van der Waals surface area contributed by atoms with Crippen molar-refractivity contribution in [2.45, 2.75) is 53.2 Å². The van der Waals surface area contributed by atoms with E-state index in [9.17, 15) is 5.11 Å². The molecule has 1 atom stereocenters. The number of pyridine rings is 1. The highest BCUT2D eigenvalue weighted by atomic mass is 16.5. The van der Waals surface area contributed by atoms with Gasteiger partial charge in [-0.1, -0.05) is 12.1 Å². The Bertz CT molecular complexity index is 1060. The molecule has 8 heteroatoms. The molecule has 0 amide bonds. The third-order valence-electron chi connectivity index (χ3n) is 5.37. The van der Waals surface area contributed by atoms with Gasteiger partial charge in [-0.15, -0.1) is 0 Å². The van der Waals surface area contributed by atoms with Crippen molar-refractivity contribution >= 4 is 5.82 Å². The normalized spacial score (nSPS) is 12.3. The van der Waals surface area contributed by atoms with Gasteiger partial charge in [0.1, 0.15) is 24.3 Å². The Labute approximate surface area is 188 Å². The molecular formula is C24H32N4O4. The number of benzene rings is 1. The summed E-state index contributed by atoms with van der Waals surface area (Å²) in [4.78, 5) is 11.3. The van der Waals surface area contributed by atoms with Crippen LogP contribution in [0, 0.1) is 13.8 Å². The summed E-state index contributed by atoms with van der Waals surface area (Å²) < 4.78 is 11.4. The van der Waals surface area contributed by atoms with Crippen molar-refractivity contribution in [3.8, 4) is 28.6 Å². The Balaban J connectivity index is 1.92. The average molecular weight is 441 g/mol. The molecule has 0 fully saturated rings. The van der Waals surface area contributed by atoms with E-state index >= 15 is 0 Å². The first-order chi connectivity index (χ1) is 15.2. The molecule has 3 aromatic rings. The molecule has 0 saturated heterocycles. The predicted molar refractivity (Wildman–Crippen MR) is 124 cm³/mol. The van der Waals surface area contributed by atoms with E-state index in [1.54, 1.807) is 0 Å². The fourth-order valence-electron chi connectivity index (χ4n) is 3.36. The van der Waals surface area contributed by atoms with Crippen LogP contribution < -0.4 is 9.64 Å². The molecular weight excluding hydrogens is 408 g/mol. The number of hydrogen-bond donors (Lipinski definition) is 2. The quantitative estimate of drug-likeness (QED) is 0.520. The highest BCUT2D eigenvalue weighted by Crippen LogP contribution is 2.32. The standard InChI is InChI=1S/C24H32N4O4/c1-7-17-10-19(8-15(4)22(17)31-13-20(30)12-29)24-26-23(27-32-24)18-9-16(5)25-21(11-18)28(6)14(2)3/h8-11,14,20,29-30H,7,12-13H2,1-6H3/t20-/m1/s1. The second-order valence-electron chi connectivity index (χ2n) is 8.27. The molecule has 2 heterocycles. The minimum atomic E-state index is -0.916. The molecule has 0 aliphatic rings. The van der Waals surface area contributed by atoms with E-state index < -0.39 is 6.10 Å². The first-order valence-electron chi connectivity index (χ1n) is 10.8. The second kappa shape index (κ2) is 10.1. The van der Waals surface area contributed by atoms with Gasteiger partial charge in [0.05, 0.1) is 6.61 Å². The molecule has 0 aliphatic carbocycles. The molecule has 172 valence electrons. The molecule has 0 saturated carbocycles. The van der Waals surface area contributed by atoms with E-state index in [-0.39, 0.29) is 13.2 Å². The fraction of sp³-hybridized carbons (Fsp3) is 0.458. The number of aromatic nitrogens is 3. The van der Waals surface area contributed by atoms with Gasteiger partial charge < -0.3 is 24.4 Å². The van der Waals surface area contributed by atoms with Crippen molar-refractivity contribution < 1.29 is 19.5 Å². The van der Waals surface area contributed by atoms with Crippen LogP contribution >= 0.6 is 0 Å². The van der Waals surface area contributed by atoms with Crippen LogP contribution in [0.25, 0.3) is 22.8 Å². The zero-order valence-electron chi connectivity index (χ0n) is 19.6. The monoisotopic (exact) mass is 440 g/mol. The largest absolute Gasteiger partial charge is 0.490 e. The van der Waals surface area contributed by atoms with Gasteiger partial charge in [-0.25, -0.2) is 4.98 Å². The number of rotatable bonds is 9. The number of hydrogen-bond acceptors (Lipinski definition) is 8. The summed E-state index contributed by atoms with van der Waals surface area (Å²) in [6.45, 7) is 9.82. The van der Waals surface area contributed by atoms with Gasteiger partial charge in [0.25, 0.3) is 5.89 Å². The lowest BCUT2D eigenvalue weighted by Crippen LogP contribution is -2.26. The molecule has 0 spiro atoms. The van der Waals surface area contributed by atoms with Gasteiger partial charge in [-0.3, -0.25) is 0 Å². The highest BCUT2D eigenvalue weighted by molar-refractivity contribution is 5.65. The third kappa shape index (κ3) is 5.26. The lowest BCUT2D eigenvalue weighted by Gasteiger charge is -2.23. The van der Waals surface area contributed by atoms with Crippen molar-refractivity contribution in [3.63, 3.8) is 0 Å². The Morgan fingerprint density at radius 1 is 1.09 bits per heavy atom. The predicted octanol–water partition coefficient (Wildman–Crippen LogP) is 3.55. The van der Waals surface area contributed by atoms with Crippen molar-refractivity contribution in [1.29, 1.82) is 0 Å². The van der Waals surface area contributed by atoms with Gasteiger partial charge in [0.15, 0.2) is 0 Å². The molecule has 8 nitrogen and oxygen atoms in total. The average Bonchev–Trinajstić information content (AvgIpc) is 3.26. The number of nitrogens with zero attached hydrogens (tertiary/aromatic N) is 4. The van der Waals surface area contributed by atoms with Crippen LogP contribution in [0.3, 0.4) is 0 Å². The minimum Gasteiger partial charge on any atom is -0.490 e. The Kier molecular flexibility index (Phi) is 7.48. The Morgan fingerprint density at radius 2 is 1.84 bits per heavy atom. The fourth-order valence-corrected chi connectivity index (χ4v) is 3.36. The molecule has 3 rings (SSSR count). The number of aliphatic hydroxyl groups excluding tert-OH is 2. The first kappa shape index (κ1) is 23.7. The van der Waals surface area contributed by atoms with E-state index in [4.69, 9.17) is 14.4 Å². The zero-order chi connectivity index (χ0) is 23.4. The maximum absolute atomic E-state index is 9.61. The van der Waals surface area contributed by atoms with Crippen LogP contribution in [-0.4, -0.2) is 57.7 Å². The SMILES string of the molecule is CCc1cc(-c2nc(-c3cc(C)nc(N(C)C(C)C)c3)no2)cc(C)c1OC[C@H](O)CO. The number of ether oxygens (including phenoxy) is 1. The van der Waals surface area contributed by atoms with Gasteiger partial charge in [-0.05, 0) is 69.5 Å². The smallest absolute Gasteiger partial charge is 0.258 e. The second-order valence-corrected chi connectivity index (χ2v) is 8.27. The summed E-state index contributed by atoms with van der Waals surface area (Å²) in [7, 11) is 2.01. The first-order valence-corrected chi connectivity index (χ1v) is 10.8. The summed E-state index contributed by atoms with van der Waals surface area (Å²) in [5.74, 6) is 2.49. The van der Waals surface area contributed by atoms with E-state index in [0.717, 1.165) is 40.2 Å². The van der Waals surface area contributed by atoms with Crippen molar-refractivity contribution in [2.75, 3.05) is 25.2 Å². The summed E-state index contributed by atoms with van der Waals surface area (Å²) in [5, 5.41) is 22.8. The van der Waals surface area contributed by atoms with Crippen molar-refractivity contribution in [3.05, 3.63) is 41.1 Å². The van der Waals surface area contributed by atoms with Crippen molar-refractivity contribution in [1.82, 2.24) is 15.1 Å². The maximum atomic E-state index is 9.61. The topological polar surface area (TPSA) is 105 Å². The van der Waals surface area contributed by atoms with Crippen molar-refractivity contribution in [2.24, 2.45) is 0 Å². The van der Waals surface area contributed by atoms with E-state index in [1.165, 1.54) is 0 Å². The number of aryl methyl sites for hydroxylation is 3. The molecule has 2 N–H and O–H groups in total. The van der Waals surface area contributed by atoms with Crippen LogP contribution in [0.5, 0.6) is 5.75 Å². The molecule has 0 radical (unpaired) electrons. The summed E-state index contributed by atoms with van der Waals surface area (Å²) in [5.41, 5.74) is 4.39. The Hall–Kier alpha value is -2.97. The van der Waals surface area contributed by atoms with Gasteiger partial charge in [0, 0.05) is 29.9 Å².